The van der Waals surface area contributed by atoms with E-state index in [2.05, 4.69) is 15.3 Å². The summed E-state index contributed by atoms with van der Waals surface area (Å²) in [4.78, 5) is 33.2. The third kappa shape index (κ3) is 7.43. The van der Waals surface area contributed by atoms with Crippen LogP contribution < -0.4 is 14.8 Å². The second kappa shape index (κ2) is 12.1. The molecule has 0 bridgehead atoms. The van der Waals surface area contributed by atoms with E-state index < -0.39 is 11.9 Å². The molecule has 0 radical (unpaired) electrons. The van der Waals surface area contributed by atoms with Crippen LogP contribution in [0.25, 0.3) is 0 Å². The molecule has 0 saturated carbocycles. The Bertz CT molecular complexity index is 897. The molecule has 0 spiro atoms. The lowest BCUT2D eigenvalue weighted by molar-refractivity contribution is -0.147. The van der Waals surface area contributed by atoms with Gasteiger partial charge in [-0.2, -0.15) is 0 Å². The number of amides is 1. The van der Waals surface area contributed by atoms with Gasteiger partial charge >= 0.3 is 5.97 Å². The molecule has 0 aliphatic rings. The summed E-state index contributed by atoms with van der Waals surface area (Å²) >= 11 is 1.47. The van der Waals surface area contributed by atoms with Gasteiger partial charge in [-0.25, -0.2) is 9.97 Å². The molecule has 1 heterocycles. The van der Waals surface area contributed by atoms with Gasteiger partial charge in [0.15, 0.2) is 11.8 Å². The lowest BCUT2D eigenvalue weighted by Crippen LogP contribution is -2.21. The number of carbonyl (C=O) groups is 2. The molecular weight excluding hydrogens is 418 g/mol. The zero-order chi connectivity index (χ0) is 22.8. The van der Waals surface area contributed by atoms with E-state index in [9.17, 15) is 9.59 Å². The Morgan fingerprint density at radius 1 is 1.06 bits per heavy atom. The van der Waals surface area contributed by atoms with E-state index in [4.69, 9.17) is 14.2 Å². The Morgan fingerprint density at radius 2 is 1.74 bits per heavy atom. The summed E-state index contributed by atoms with van der Waals surface area (Å²) in [5.74, 6) is 0.211. The first kappa shape index (κ1) is 24.5. The van der Waals surface area contributed by atoms with Gasteiger partial charge in [0.2, 0.25) is 0 Å². The summed E-state index contributed by atoms with van der Waals surface area (Å²) < 4.78 is 16.1. The Labute approximate surface area is 187 Å². The minimum atomic E-state index is -0.462. The highest BCUT2D eigenvalue weighted by Crippen LogP contribution is 2.29. The second-order valence-corrected chi connectivity index (χ2v) is 7.37. The van der Waals surface area contributed by atoms with Crippen molar-refractivity contribution in [1.82, 2.24) is 9.97 Å². The average molecular weight is 448 g/mol. The van der Waals surface area contributed by atoms with Crippen LogP contribution in [0.1, 0.15) is 37.2 Å². The molecule has 1 aromatic carbocycles. The van der Waals surface area contributed by atoms with E-state index in [1.54, 1.807) is 18.2 Å². The largest absolute Gasteiger partial charge is 0.494 e. The maximum atomic E-state index is 12.3. The van der Waals surface area contributed by atoms with Crippen LogP contribution in [0.4, 0.5) is 5.69 Å². The minimum Gasteiger partial charge on any atom is -0.494 e. The fraction of sp³-hybridized carbons (Fsp3) is 0.455. The van der Waals surface area contributed by atoms with Gasteiger partial charge in [0.1, 0.15) is 11.5 Å². The van der Waals surface area contributed by atoms with Crippen molar-refractivity contribution >= 4 is 29.3 Å². The Balaban J connectivity index is 1.90. The highest BCUT2D eigenvalue weighted by molar-refractivity contribution is 7.98. The van der Waals surface area contributed by atoms with Crippen LogP contribution in [0.2, 0.25) is 0 Å². The first-order chi connectivity index (χ1) is 14.9. The number of hydrogen-bond acceptors (Lipinski definition) is 8. The molecule has 8 nitrogen and oxygen atoms in total. The molecular formula is C22H29N3O5S. The van der Waals surface area contributed by atoms with Crippen LogP contribution in [-0.4, -0.2) is 47.9 Å². The van der Waals surface area contributed by atoms with Crippen LogP contribution >= 0.6 is 11.8 Å². The molecule has 0 saturated heterocycles. The smallest absolute Gasteiger partial charge is 0.306 e. The molecule has 0 unspecified atom stereocenters. The van der Waals surface area contributed by atoms with Gasteiger partial charge in [-0.15, -0.1) is 0 Å². The lowest BCUT2D eigenvalue weighted by atomic mass is 10.1. The van der Waals surface area contributed by atoms with Crippen molar-refractivity contribution in [2.24, 2.45) is 0 Å². The second-order valence-electron chi connectivity index (χ2n) is 6.59. The summed E-state index contributed by atoms with van der Waals surface area (Å²) in [6, 6.07) is 5.17. The number of carbonyl (C=O) groups excluding carboxylic acids is 2. The molecule has 2 aromatic rings. The van der Waals surface area contributed by atoms with Crippen LogP contribution in [0.3, 0.4) is 0 Å². The van der Waals surface area contributed by atoms with Crippen molar-refractivity contribution in [3.8, 4) is 11.5 Å². The standard InChI is InChI=1S/C22H29N3O5S/c1-6-28-16-8-10-19(29-7-2)18(12-16)25-20(26)13-30-21(27)11-9-17-14(3)23-22(31-5)24-15(17)4/h8,10,12H,6-7,9,11,13H2,1-5H3,(H,25,26). The predicted octanol–water partition coefficient (Wildman–Crippen LogP) is 3.73. The van der Waals surface area contributed by atoms with E-state index in [0.29, 0.717) is 42.0 Å². The first-order valence-electron chi connectivity index (χ1n) is 10.1. The van der Waals surface area contributed by atoms with Crippen molar-refractivity contribution < 1.29 is 23.8 Å². The first-order valence-corrected chi connectivity index (χ1v) is 11.3. The van der Waals surface area contributed by atoms with Gasteiger partial charge in [-0.05, 0) is 58.1 Å². The number of nitrogens with one attached hydrogen (secondary N) is 1. The van der Waals surface area contributed by atoms with Gasteiger partial charge < -0.3 is 19.5 Å². The molecule has 1 aromatic heterocycles. The molecule has 0 aliphatic heterocycles. The monoisotopic (exact) mass is 447 g/mol. The van der Waals surface area contributed by atoms with Crippen molar-refractivity contribution in [3.05, 3.63) is 35.2 Å². The number of esters is 1. The third-order valence-electron chi connectivity index (χ3n) is 4.36. The normalized spacial score (nSPS) is 10.5. The molecule has 2 rings (SSSR count). The number of benzene rings is 1. The summed E-state index contributed by atoms with van der Waals surface area (Å²) in [5, 5.41) is 3.42. The summed E-state index contributed by atoms with van der Waals surface area (Å²) in [5.41, 5.74) is 3.08. The van der Waals surface area contributed by atoms with Crippen molar-refractivity contribution in [3.63, 3.8) is 0 Å². The van der Waals surface area contributed by atoms with Crippen LogP contribution in [0.15, 0.2) is 23.4 Å². The van der Waals surface area contributed by atoms with Crippen molar-refractivity contribution in [2.75, 3.05) is 31.4 Å². The predicted molar refractivity (Wildman–Crippen MR) is 120 cm³/mol. The van der Waals surface area contributed by atoms with E-state index in [1.165, 1.54) is 11.8 Å². The fourth-order valence-corrected chi connectivity index (χ4v) is 3.39. The quantitative estimate of drug-likeness (QED) is 0.316. The van der Waals surface area contributed by atoms with Crippen LogP contribution in [0, 0.1) is 13.8 Å². The Morgan fingerprint density at radius 3 is 2.35 bits per heavy atom. The third-order valence-corrected chi connectivity index (χ3v) is 4.91. The van der Waals surface area contributed by atoms with Gasteiger partial charge in [-0.1, -0.05) is 11.8 Å². The Hall–Kier alpha value is -2.81. The molecule has 31 heavy (non-hydrogen) atoms. The summed E-state index contributed by atoms with van der Waals surface area (Å²) in [6.07, 6.45) is 2.51. The lowest BCUT2D eigenvalue weighted by Gasteiger charge is -2.14. The molecule has 1 amide bonds. The maximum Gasteiger partial charge on any atom is 0.306 e. The van der Waals surface area contributed by atoms with E-state index in [1.807, 2.05) is 34.0 Å². The number of thioether (sulfide) groups is 1. The molecule has 0 fully saturated rings. The summed E-state index contributed by atoms with van der Waals surface area (Å²) in [6.45, 7) is 8.09. The van der Waals surface area contributed by atoms with E-state index in [-0.39, 0.29) is 13.0 Å². The number of ether oxygens (including phenoxy) is 3. The molecule has 0 aliphatic carbocycles. The SMILES string of the molecule is CCOc1ccc(OCC)c(NC(=O)COC(=O)CCc2c(C)nc(SC)nc2C)c1. The molecule has 168 valence electrons. The zero-order valence-electron chi connectivity index (χ0n) is 18.6. The number of aromatic nitrogens is 2. The fourth-order valence-electron chi connectivity index (χ4n) is 2.94. The highest BCUT2D eigenvalue weighted by Gasteiger charge is 2.14. The van der Waals surface area contributed by atoms with Gasteiger partial charge in [-0.3, -0.25) is 9.59 Å². The average Bonchev–Trinajstić information content (AvgIpc) is 2.73. The van der Waals surface area contributed by atoms with E-state index in [0.717, 1.165) is 17.0 Å². The molecule has 9 heteroatoms. The van der Waals surface area contributed by atoms with Crippen LogP contribution in [-0.2, 0) is 20.7 Å². The van der Waals surface area contributed by atoms with Crippen molar-refractivity contribution in [1.29, 1.82) is 0 Å². The molecule has 1 N–H and O–H groups in total. The highest BCUT2D eigenvalue weighted by atomic mass is 32.2. The van der Waals surface area contributed by atoms with Gasteiger partial charge in [0.25, 0.3) is 5.91 Å². The van der Waals surface area contributed by atoms with Gasteiger partial charge in [0.05, 0.1) is 18.9 Å². The maximum absolute atomic E-state index is 12.3. The van der Waals surface area contributed by atoms with Crippen molar-refractivity contribution in [2.45, 2.75) is 45.7 Å². The summed E-state index contributed by atoms with van der Waals surface area (Å²) in [7, 11) is 0. The van der Waals surface area contributed by atoms with Gasteiger partial charge in [0, 0.05) is 23.9 Å². The number of anilines is 1. The minimum absolute atomic E-state index is 0.140. The Kier molecular flexibility index (Phi) is 9.58. The van der Waals surface area contributed by atoms with E-state index >= 15 is 0 Å². The number of nitrogens with zero attached hydrogens (tertiary/aromatic N) is 2. The van der Waals surface area contributed by atoms with Crippen LogP contribution in [0.5, 0.6) is 11.5 Å². The topological polar surface area (TPSA) is 99.6 Å². The number of aryl methyl sites for hydroxylation is 2. The number of hydrogen-bond donors (Lipinski definition) is 1. The zero-order valence-corrected chi connectivity index (χ0v) is 19.4. The molecule has 0 atom stereocenters. The number of rotatable bonds is 11.